The lowest BCUT2D eigenvalue weighted by Gasteiger charge is -2.28. The first-order valence-corrected chi connectivity index (χ1v) is 9.72. The van der Waals surface area contributed by atoms with Crippen LogP contribution in [-0.2, 0) is 20.7 Å². The molecule has 30 heavy (non-hydrogen) atoms. The lowest BCUT2D eigenvalue weighted by Crippen LogP contribution is -2.46. The van der Waals surface area contributed by atoms with Crippen LogP contribution in [0.2, 0.25) is 0 Å². The third-order valence-corrected chi connectivity index (χ3v) is 5.15. The zero-order valence-corrected chi connectivity index (χ0v) is 16.3. The number of benzene rings is 2. The highest BCUT2D eigenvalue weighted by Crippen LogP contribution is 2.30. The Kier molecular flexibility index (Phi) is 7.19. The molecule has 0 spiro atoms. The summed E-state index contributed by atoms with van der Waals surface area (Å²) in [6, 6.07) is 16.9. The van der Waals surface area contributed by atoms with Gasteiger partial charge in [0, 0.05) is 17.3 Å². The molecule has 0 N–H and O–H groups in total. The Morgan fingerprint density at radius 3 is 2.50 bits per heavy atom. The maximum absolute atomic E-state index is 13.4. The van der Waals surface area contributed by atoms with Crippen molar-refractivity contribution in [3.8, 4) is 0 Å². The first kappa shape index (κ1) is 21.1. The van der Waals surface area contributed by atoms with E-state index < -0.39 is 30.0 Å². The number of cyclic esters (lactones) is 1. The first-order chi connectivity index (χ1) is 14.7. The summed E-state index contributed by atoms with van der Waals surface area (Å²) in [5.74, 6) is -1.15. The van der Waals surface area contributed by atoms with Crippen molar-refractivity contribution in [2.24, 2.45) is 5.11 Å². The second-order valence-corrected chi connectivity index (χ2v) is 7.04. The Bertz CT molecular complexity index is 929. The molecule has 1 aliphatic rings. The van der Waals surface area contributed by atoms with Crippen LogP contribution in [0.25, 0.3) is 10.4 Å². The van der Waals surface area contributed by atoms with Gasteiger partial charge in [0.1, 0.15) is 18.9 Å². The molecule has 0 aromatic heterocycles. The molecule has 0 unspecified atom stereocenters. The molecule has 3 atom stereocenters. The van der Waals surface area contributed by atoms with Crippen LogP contribution in [0.4, 0.5) is 4.79 Å². The van der Waals surface area contributed by atoms with Crippen molar-refractivity contribution in [1.29, 1.82) is 0 Å². The standard InChI is InChI=1S/C22H22N4O4/c23-25-24-20(19(12-7-13-27)17-10-5-2-6-11-17)21(28)26-18(15-30-22(26)29)14-16-8-3-1-4-9-16/h1-6,8-11,13,18-20H,7,12,14-15H2/t18-,19+,20-/m0/s1. The summed E-state index contributed by atoms with van der Waals surface area (Å²) in [6.45, 7) is 0.0762. The number of hydrogen-bond donors (Lipinski definition) is 0. The van der Waals surface area contributed by atoms with E-state index in [0.29, 0.717) is 12.8 Å². The third-order valence-electron chi connectivity index (χ3n) is 5.15. The highest BCUT2D eigenvalue weighted by atomic mass is 16.6. The van der Waals surface area contributed by atoms with E-state index in [1.165, 1.54) is 0 Å². The minimum Gasteiger partial charge on any atom is -0.447 e. The van der Waals surface area contributed by atoms with E-state index in [2.05, 4.69) is 10.0 Å². The van der Waals surface area contributed by atoms with E-state index in [-0.39, 0.29) is 13.0 Å². The number of carbonyl (C=O) groups excluding carboxylic acids is 3. The van der Waals surface area contributed by atoms with Gasteiger partial charge in [-0.25, -0.2) is 9.69 Å². The molecule has 0 bridgehead atoms. The van der Waals surface area contributed by atoms with Gasteiger partial charge in [-0.2, -0.15) is 0 Å². The lowest BCUT2D eigenvalue weighted by atomic mass is 9.87. The average Bonchev–Trinajstić information content (AvgIpc) is 3.14. The topological polar surface area (TPSA) is 112 Å². The fourth-order valence-electron chi connectivity index (χ4n) is 3.72. The van der Waals surface area contributed by atoms with Crippen LogP contribution < -0.4 is 0 Å². The predicted octanol–water partition coefficient (Wildman–Crippen LogP) is 4.02. The van der Waals surface area contributed by atoms with Crippen molar-refractivity contribution in [1.82, 2.24) is 4.90 Å². The largest absolute Gasteiger partial charge is 0.447 e. The fourth-order valence-corrected chi connectivity index (χ4v) is 3.72. The fraction of sp³-hybridized carbons (Fsp3) is 0.318. The second-order valence-electron chi connectivity index (χ2n) is 7.04. The van der Waals surface area contributed by atoms with Gasteiger partial charge in [0.2, 0.25) is 5.91 Å². The van der Waals surface area contributed by atoms with E-state index in [9.17, 15) is 14.4 Å². The van der Waals surface area contributed by atoms with Crippen LogP contribution in [0, 0.1) is 0 Å². The summed E-state index contributed by atoms with van der Waals surface area (Å²) in [6.07, 6.45) is 0.958. The van der Waals surface area contributed by atoms with Gasteiger partial charge in [-0.15, -0.1) is 0 Å². The van der Waals surface area contributed by atoms with Crippen molar-refractivity contribution >= 4 is 18.3 Å². The molecule has 0 radical (unpaired) electrons. The average molecular weight is 406 g/mol. The number of ether oxygens (including phenoxy) is 1. The van der Waals surface area contributed by atoms with Crippen LogP contribution in [-0.4, -0.2) is 41.9 Å². The maximum Gasteiger partial charge on any atom is 0.416 e. The van der Waals surface area contributed by atoms with Crippen LogP contribution in [0.15, 0.2) is 65.8 Å². The number of hydrogen-bond acceptors (Lipinski definition) is 5. The molecule has 1 saturated heterocycles. The maximum atomic E-state index is 13.4. The Morgan fingerprint density at radius 1 is 1.20 bits per heavy atom. The molecule has 3 rings (SSSR count). The van der Waals surface area contributed by atoms with Crippen molar-refractivity contribution in [2.75, 3.05) is 6.61 Å². The summed E-state index contributed by atoms with van der Waals surface area (Å²) in [5.41, 5.74) is 10.8. The third kappa shape index (κ3) is 4.85. The number of imide groups is 1. The molecule has 8 heteroatoms. The quantitative estimate of drug-likeness (QED) is 0.271. The van der Waals surface area contributed by atoms with E-state index in [1.807, 2.05) is 60.7 Å². The number of rotatable bonds is 9. The van der Waals surface area contributed by atoms with E-state index in [0.717, 1.165) is 22.3 Å². The summed E-state index contributed by atoms with van der Waals surface area (Å²) in [7, 11) is 0. The summed E-state index contributed by atoms with van der Waals surface area (Å²) >= 11 is 0. The second kappa shape index (κ2) is 10.2. The molecule has 0 aliphatic carbocycles. The van der Waals surface area contributed by atoms with Crippen LogP contribution in [0.3, 0.4) is 0 Å². The molecular weight excluding hydrogens is 384 g/mol. The van der Waals surface area contributed by atoms with Gasteiger partial charge >= 0.3 is 6.09 Å². The minimum absolute atomic E-state index is 0.0762. The minimum atomic E-state index is -1.17. The van der Waals surface area contributed by atoms with E-state index in [4.69, 9.17) is 10.3 Å². The molecule has 154 valence electrons. The van der Waals surface area contributed by atoms with Gasteiger partial charge < -0.3 is 9.53 Å². The summed E-state index contributed by atoms with van der Waals surface area (Å²) in [4.78, 5) is 40.7. The number of amides is 2. The zero-order chi connectivity index (χ0) is 21.3. The molecule has 2 aromatic rings. The molecule has 1 aliphatic heterocycles. The van der Waals surface area contributed by atoms with Crippen molar-refractivity contribution in [3.63, 3.8) is 0 Å². The Labute approximate surface area is 174 Å². The normalized spacial score (nSPS) is 17.5. The van der Waals surface area contributed by atoms with Gasteiger partial charge in [0.15, 0.2) is 0 Å². The molecule has 8 nitrogen and oxygen atoms in total. The number of aldehydes is 1. The van der Waals surface area contributed by atoms with Crippen molar-refractivity contribution in [2.45, 2.75) is 37.3 Å². The molecular formula is C22H22N4O4. The van der Waals surface area contributed by atoms with Gasteiger partial charge in [-0.3, -0.25) is 4.79 Å². The van der Waals surface area contributed by atoms with Crippen molar-refractivity contribution in [3.05, 3.63) is 82.2 Å². The predicted molar refractivity (Wildman–Crippen MR) is 110 cm³/mol. The van der Waals surface area contributed by atoms with E-state index in [1.54, 1.807) is 0 Å². The van der Waals surface area contributed by atoms with E-state index >= 15 is 0 Å². The molecule has 2 amide bonds. The monoisotopic (exact) mass is 406 g/mol. The molecule has 0 saturated carbocycles. The highest BCUT2D eigenvalue weighted by molar-refractivity contribution is 5.97. The Hall–Kier alpha value is -3.64. The Balaban J connectivity index is 1.90. The van der Waals surface area contributed by atoms with Gasteiger partial charge in [0.25, 0.3) is 0 Å². The molecule has 2 aromatic carbocycles. The first-order valence-electron chi connectivity index (χ1n) is 9.72. The smallest absolute Gasteiger partial charge is 0.416 e. The van der Waals surface area contributed by atoms with Gasteiger partial charge in [-0.1, -0.05) is 65.8 Å². The number of azide groups is 1. The zero-order valence-electron chi connectivity index (χ0n) is 16.3. The van der Waals surface area contributed by atoms with Gasteiger partial charge in [-0.05, 0) is 29.5 Å². The van der Waals surface area contributed by atoms with Crippen LogP contribution in [0.5, 0.6) is 0 Å². The lowest BCUT2D eigenvalue weighted by molar-refractivity contribution is -0.131. The van der Waals surface area contributed by atoms with Crippen molar-refractivity contribution < 1.29 is 19.1 Å². The Morgan fingerprint density at radius 2 is 1.87 bits per heavy atom. The highest BCUT2D eigenvalue weighted by Gasteiger charge is 2.43. The van der Waals surface area contributed by atoms with Crippen LogP contribution in [0.1, 0.15) is 29.9 Å². The van der Waals surface area contributed by atoms with Crippen LogP contribution >= 0.6 is 0 Å². The molecule has 1 fully saturated rings. The van der Waals surface area contributed by atoms with Gasteiger partial charge in [0.05, 0.1) is 6.04 Å². The molecule has 1 heterocycles. The summed E-state index contributed by atoms with van der Waals surface area (Å²) < 4.78 is 5.14. The summed E-state index contributed by atoms with van der Waals surface area (Å²) in [5, 5.41) is 3.74. The number of nitrogens with zero attached hydrogens (tertiary/aromatic N) is 4. The SMILES string of the molecule is [N-]=[N+]=N[C@H](C(=O)N1C(=O)OC[C@@H]1Cc1ccccc1)[C@H](CCC=O)c1ccccc1. The number of carbonyl (C=O) groups is 3.